The van der Waals surface area contributed by atoms with Crippen LogP contribution in [0.1, 0.15) is 12.8 Å². The zero-order valence-electron chi connectivity index (χ0n) is 11.5. The van der Waals surface area contributed by atoms with Crippen molar-refractivity contribution in [3.05, 3.63) is 0 Å². The molecule has 2 heterocycles. The molecule has 5 atom stereocenters. The Bertz CT molecular complexity index is 452. The highest BCUT2D eigenvalue weighted by atomic mass is 16.7. The topological polar surface area (TPSA) is 154 Å². The van der Waals surface area contributed by atoms with Crippen molar-refractivity contribution in [1.82, 2.24) is 4.90 Å². The van der Waals surface area contributed by atoms with Crippen molar-refractivity contribution in [1.29, 1.82) is 0 Å². The number of hydrogen-bond acceptors (Lipinski definition) is 8. The van der Waals surface area contributed by atoms with Crippen molar-refractivity contribution < 1.29 is 44.3 Å². The van der Waals surface area contributed by atoms with E-state index in [0.29, 0.717) is 0 Å². The summed E-state index contributed by atoms with van der Waals surface area (Å²) >= 11 is 0. The lowest BCUT2D eigenvalue weighted by atomic mass is 9.99. The largest absolute Gasteiger partial charge is 0.479 e. The molecule has 5 unspecified atom stereocenters. The van der Waals surface area contributed by atoms with Crippen molar-refractivity contribution >= 4 is 17.8 Å². The Morgan fingerprint density at radius 2 is 1.73 bits per heavy atom. The van der Waals surface area contributed by atoms with Crippen LogP contribution in [0.15, 0.2) is 0 Å². The van der Waals surface area contributed by atoms with Crippen LogP contribution in [0.2, 0.25) is 0 Å². The van der Waals surface area contributed by atoms with Gasteiger partial charge in [-0.3, -0.25) is 14.5 Å². The van der Waals surface area contributed by atoms with Gasteiger partial charge in [0.1, 0.15) is 18.3 Å². The van der Waals surface area contributed by atoms with E-state index in [1.54, 1.807) is 0 Å². The van der Waals surface area contributed by atoms with E-state index in [0.717, 1.165) is 4.90 Å². The van der Waals surface area contributed by atoms with Crippen molar-refractivity contribution in [2.45, 2.75) is 43.5 Å². The summed E-state index contributed by atoms with van der Waals surface area (Å²) in [6, 6.07) is 0. The third-order valence-corrected chi connectivity index (χ3v) is 3.56. The van der Waals surface area contributed by atoms with Gasteiger partial charge in [0.05, 0.1) is 13.2 Å². The highest BCUT2D eigenvalue weighted by Gasteiger charge is 2.47. The van der Waals surface area contributed by atoms with Crippen molar-refractivity contribution in [3.63, 3.8) is 0 Å². The van der Waals surface area contributed by atoms with Gasteiger partial charge in [-0.15, -0.1) is 0 Å². The number of carbonyl (C=O) groups excluding carboxylic acids is 2. The minimum Gasteiger partial charge on any atom is -0.479 e. The van der Waals surface area contributed by atoms with Gasteiger partial charge in [0.2, 0.25) is 11.8 Å². The molecule has 124 valence electrons. The molecule has 2 saturated heterocycles. The summed E-state index contributed by atoms with van der Waals surface area (Å²) in [6.45, 7) is -0.269. The molecule has 2 aliphatic heterocycles. The van der Waals surface area contributed by atoms with Crippen LogP contribution in [0, 0.1) is 0 Å². The number of carboxylic acid groups (broad SMARTS) is 1. The lowest BCUT2D eigenvalue weighted by Gasteiger charge is -2.38. The highest BCUT2D eigenvalue weighted by Crippen LogP contribution is 2.22. The van der Waals surface area contributed by atoms with Crippen molar-refractivity contribution in [3.8, 4) is 0 Å². The van der Waals surface area contributed by atoms with E-state index in [-0.39, 0.29) is 37.8 Å². The number of ether oxygens (including phenoxy) is 2. The molecular formula is C12H17NO9. The Balaban J connectivity index is 1.89. The average Bonchev–Trinajstić information content (AvgIpc) is 2.78. The monoisotopic (exact) mass is 319 g/mol. The predicted molar refractivity (Wildman–Crippen MR) is 66.2 cm³/mol. The Morgan fingerprint density at radius 3 is 2.27 bits per heavy atom. The van der Waals surface area contributed by atoms with Crippen LogP contribution in [0.3, 0.4) is 0 Å². The second-order valence-electron chi connectivity index (χ2n) is 5.04. The maximum atomic E-state index is 11.4. The molecule has 0 spiro atoms. The maximum absolute atomic E-state index is 11.4. The number of carboxylic acids is 1. The standard InChI is InChI=1S/C12H17NO9/c14-5-1-2-6(15)13(5)3-4-21-12-9(18)7(16)8(17)10(22-12)11(19)20/h7-10,12,16-18H,1-4H2,(H,19,20). The number of imide groups is 1. The minimum atomic E-state index is -1.80. The van der Waals surface area contributed by atoms with E-state index in [9.17, 15) is 29.7 Å². The summed E-state index contributed by atoms with van der Waals surface area (Å²) in [4.78, 5) is 34.7. The van der Waals surface area contributed by atoms with Gasteiger partial charge < -0.3 is 29.9 Å². The Hall–Kier alpha value is -1.59. The first kappa shape index (κ1) is 16.8. The van der Waals surface area contributed by atoms with E-state index in [1.807, 2.05) is 0 Å². The second-order valence-corrected chi connectivity index (χ2v) is 5.04. The quantitative estimate of drug-likeness (QED) is 0.389. The molecule has 0 aromatic heterocycles. The second kappa shape index (κ2) is 6.67. The van der Waals surface area contributed by atoms with Gasteiger partial charge in [-0.2, -0.15) is 0 Å². The number of likely N-dealkylation sites (tertiary alicyclic amines) is 1. The van der Waals surface area contributed by atoms with Crippen LogP contribution in [0.4, 0.5) is 0 Å². The van der Waals surface area contributed by atoms with Gasteiger partial charge in [0.25, 0.3) is 0 Å². The Labute approximate surface area is 124 Å². The van der Waals surface area contributed by atoms with E-state index in [2.05, 4.69) is 0 Å². The molecule has 10 nitrogen and oxygen atoms in total. The van der Waals surface area contributed by atoms with Gasteiger partial charge in [-0.25, -0.2) is 4.79 Å². The van der Waals surface area contributed by atoms with Gasteiger partial charge in [0, 0.05) is 12.8 Å². The van der Waals surface area contributed by atoms with Crippen LogP contribution in [0.5, 0.6) is 0 Å². The van der Waals surface area contributed by atoms with Gasteiger partial charge >= 0.3 is 5.97 Å². The molecule has 2 aliphatic rings. The third kappa shape index (κ3) is 3.25. The number of carbonyl (C=O) groups is 3. The fourth-order valence-electron chi connectivity index (χ4n) is 2.32. The van der Waals surface area contributed by atoms with E-state index >= 15 is 0 Å². The Kier molecular flexibility index (Phi) is 5.08. The predicted octanol–water partition coefficient (Wildman–Crippen LogP) is -2.96. The maximum Gasteiger partial charge on any atom is 0.335 e. The summed E-state index contributed by atoms with van der Waals surface area (Å²) in [6.07, 6.45) is -8.19. The highest BCUT2D eigenvalue weighted by molar-refractivity contribution is 6.01. The minimum absolute atomic E-state index is 0.0688. The molecular weight excluding hydrogens is 302 g/mol. The fraction of sp³-hybridized carbons (Fsp3) is 0.750. The molecule has 10 heteroatoms. The van der Waals surface area contributed by atoms with E-state index < -0.39 is 36.7 Å². The smallest absolute Gasteiger partial charge is 0.335 e. The Morgan fingerprint density at radius 1 is 1.14 bits per heavy atom. The number of aliphatic hydroxyl groups excluding tert-OH is 3. The average molecular weight is 319 g/mol. The zero-order valence-corrected chi connectivity index (χ0v) is 11.5. The lowest BCUT2D eigenvalue weighted by Crippen LogP contribution is -2.60. The first-order chi connectivity index (χ1) is 10.3. The summed E-state index contributed by atoms with van der Waals surface area (Å²) in [5, 5.41) is 37.7. The molecule has 2 rings (SSSR count). The van der Waals surface area contributed by atoms with Crippen LogP contribution in [0.25, 0.3) is 0 Å². The molecule has 0 aromatic rings. The summed E-state index contributed by atoms with van der Waals surface area (Å²) < 4.78 is 9.99. The number of amides is 2. The summed E-state index contributed by atoms with van der Waals surface area (Å²) in [5.41, 5.74) is 0. The molecule has 0 saturated carbocycles. The molecule has 2 amide bonds. The summed E-state index contributed by atoms with van der Waals surface area (Å²) in [7, 11) is 0. The summed E-state index contributed by atoms with van der Waals surface area (Å²) in [5.74, 6) is -2.19. The molecule has 0 bridgehead atoms. The number of aliphatic carboxylic acids is 1. The zero-order chi connectivity index (χ0) is 16.4. The number of nitrogens with zero attached hydrogens (tertiary/aromatic N) is 1. The van der Waals surface area contributed by atoms with Gasteiger partial charge in [0.15, 0.2) is 12.4 Å². The first-order valence-corrected chi connectivity index (χ1v) is 6.70. The SMILES string of the molecule is O=C(O)C1OC(OCCN2C(=O)CCC2=O)C(O)C(O)C1O. The fourth-order valence-corrected chi connectivity index (χ4v) is 2.32. The van der Waals surface area contributed by atoms with Crippen molar-refractivity contribution in [2.24, 2.45) is 0 Å². The first-order valence-electron chi connectivity index (χ1n) is 6.70. The molecule has 0 radical (unpaired) electrons. The van der Waals surface area contributed by atoms with Crippen LogP contribution in [-0.2, 0) is 23.9 Å². The number of hydrogen-bond donors (Lipinski definition) is 4. The van der Waals surface area contributed by atoms with Crippen LogP contribution in [-0.4, -0.2) is 87.0 Å². The lowest BCUT2D eigenvalue weighted by molar-refractivity contribution is -0.294. The molecule has 22 heavy (non-hydrogen) atoms. The third-order valence-electron chi connectivity index (χ3n) is 3.56. The van der Waals surface area contributed by atoms with Crippen molar-refractivity contribution in [2.75, 3.05) is 13.2 Å². The van der Waals surface area contributed by atoms with E-state index in [4.69, 9.17) is 14.6 Å². The van der Waals surface area contributed by atoms with Crippen LogP contribution < -0.4 is 0 Å². The number of rotatable bonds is 5. The molecule has 0 aromatic carbocycles. The molecule has 0 aliphatic carbocycles. The molecule has 4 N–H and O–H groups in total. The van der Waals surface area contributed by atoms with Gasteiger partial charge in [-0.1, -0.05) is 0 Å². The number of aliphatic hydroxyl groups is 3. The normalized spacial score (nSPS) is 36.0. The van der Waals surface area contributed by atoms with E-state index in [1.165, 1.54) is 0 Å². The molecule has 2 fully saturated rings. The van der Waals surface area contributed by atoms with Gasteiger partial charge in [-0.05, 0) is 0 Å². The van der Waals surface area contributed by atoms with Crippen LogP contribution >= 0.6 is 0 Å².